The molecule has 0 spiro atoms. The number of quaternary nitrogens is 1. The number of benzene rings is 1. The summed E-state index contributed by atoms with van der Waals surface area (Å²) in [5, 5.41) is 12.1. The van der Waals surface area contributed by atoms with Gasteiger partial charge in [-0.2, -0.15) is 5.26 Å². The van der Waals surface area contributed by atoms with Gasteiger partial charge in [-0.25, -0.2) is 4.79 Å². The van der Waals surface area contributed by atoms with Gasteiger partial charge in [-0.05, 0) is 6.92 Å². The third kappa shape index (κ3) is 5.24. The van der Waals surface area contributed by atoms with Crippen molar-refractivity contribution in [3.8, 4) is 17.6 Å². The van der Waals surface area contributed by atoms with Crippen LogP contribution in [0.5, 0.6) is 11.5 Å². The zero-order valence-electron chi connectivity index (χ0n) is 15.8. The summed E-state index contributed by atoms with van der Waals surface area (Å²) in [5.41, 5.74) is 0.674. The maximum absolute atomic E-state index is 12.4. The fourth-order valence-corrected chi connectivity index (χ4v) is 2.89. The van der Waals surface area contributed by atoms with Crippen LogP contribution in [-0.2, 0) is 9.53 Å². The Balaban J connectivity index is 1.95. The van der Waals surface area contributed by atoms with E-state index in [4.69, 9.17) is 14.2 Å². The maximum Gasteiger partial charge on any atom is 0.410 e. The van der Waals surface area contributed by atoms with Crippen LogP contribution in [0.1, 0.15) is 12.5 Å². The van der Waals surface area contributed by atoms with E-state index in [9.17, 15) is 14.9 Å². The molecular weight excluding hydrogens is 352 g/mol. The van der Waals surface area contributed by atoms with Crippen molar-refractivity contribution >= 4 is 17.7 Å². The van der Waals surface area contributed by atoms with E-state index in [1.807, 2.05) is 6.07 Å². The lowest BCUT2D eigenvalue weighted by Crippen LogP contribution is -3.15. The number of ether oxygens (including phenoxy) is 3. The molecule has 0 atom stereocenters. The number of anilines is 1. The van der Waals surface area contributed by atoms with Crippen molar-refractivity contribution in [1.29, 1.82) is 5.26 Å². The van der Waals surface area contributed by atoms with Gasteiger partial charge in [-0.1, -0.05) is 0 Å². The van der Waals surface area contributed by atoms with Crippen molar-refractivity contribution in [2.45, 2.75) is 6.92 Å². The fourth-order valence-electron chi connectivity index (χ4n) is 2.89. The van der Waals surface area contributed by atoms with Gasteiger partial charge in [0.25, 0.3) is 5.91 Å². The zero-order chi connectivity index (χ0) is 19.8. The van der Waals surface area contributed by atoms with E-state index in [1.165, 1.54) is 20.3 Å². The molecule has 1 saturated heterocycles. The monoisotopic (exact) mass is 377 g/mol. The Labute approximate surface area is 158 Å². The van der Waals surface area contributed by atoms with E-state index < -0.39 is 0 Å². The van der Waals surface area contributed by atoms with Crippen LogP contribution in [-0.4, -0.2) is 70.5 Å². The molecule has 2 N–H and O–H groups in total. The molecule has 9 heteroatoms. The van der Waals surface area contributed by atoms with Gasteiger partial charge in [0.1, 0.15) is 6.07 Å². The molecule has 9 nitrogen and oxygen atoms in total. The lowest BCUT2D eigenvalue weighted by atomic mass is 10.1. The predicted octanol–water partition coefficient (Wildman–Crippen LogP) is -0.129. The number of nitrogens with zero attached hydrogens (tertiary/aromatic N) is 2. The van der Waals surface area contributed by atoms with Crippen molar-refractivity contribution in [2.24, 2.45) is 0 Å². The lowest BCUT2D eigenvalue weighted by Gasteiger charge is -2.31. The Hall–Kier alpha value is -2.99. The summed E-state index contributed by atoms with van der Waals surface area (Å²) >= 11 is 0. The molecule has 0 saturated carbocycles. The second kappa shape index (κ2) is 9.64. The smallest absolute Gasteiger partial charge is 0.410 e. The molecule has 0 unspecified atom stereocenters. The van der Waals surface area contributed by atoms with E-state index in [1.54, 1.807) is 17.9 Å². The number of hydrogen-bond acceptors (Lipinski definition) is 6. The minimum absolute atomic E-state index is 0.210. The van der Waals surface area contributed by atoms with Crippen molar-refractivity contribution in [3.05, 3.63) is 17.7 Å². The highest BCUT2D eigenvalue weighted by Gasteiger charge is 2.26. The summed E-state index contributed by atoms with van der Waals surface area (Å²) in [7, 11) is 2.97. The standard InChI is InChI=1S/C18H24N4O5/c1-4-27-18(24)22-7-5-21(6-8-22)12-17(23)20-14-10-16(26-3)15(25-2)9-13(14)11-19/h9-10H,4-8,12H2,1-3H3,(H,20,23)/p+1. The van der Waals surface area contributed by atoms with Crippen LogP contribution in [0.2, 0.25) is 0 Å². The maximum atomic E-state index is 12.4. The number of piperazine rings is 1. The van der Waals surface area contributed by atoms with Crippen molar-refractivity contribution in [3.63, 3.8) is 0 Å². The first-order valence-corrected chi connectivity index (χ1v) is 8.73. The summed E-state index contributed by atoms with van der Waals surface area (Å²) in [4.78, 5) is 26.8. The van der Waals surface area contributed by atoms with Gasteiger partial charge in [0, 0.05) is 12.1 Å². The van der Waals surface area contributed by atoms with E-state index in [2.05, 4.69) is 5.32 Å². The largest absolute Gasteiger partial charge is 0.493 e. The third-order valence-corrected chi connectivity index (χ3v) is 4.33. The van der Waals surface area contributed by atoms with E-state index in [-0.39, 0.29) is 18.5 Å². The number of hydrogen-bond donors (Lipinski definition) is 2. The second-order valence-corrected chi connectivity index (χ2v) is 6.03. The Bertz CT molecular complexity index is 723. The third-order valence-electron chi connectivity index (χ3n) is 4.33. The molecule has 146 valence electrons. The van der Waals surface area contributed by atoms with Gasteiger partial charge in [-0.15, -0.1) is 0 Å². The molecule has 0 aliphatic carbocycles. The molecule has 0 aromatic heterocycles. The van der Waals surface area contributed by atoms with Crippen molar-refractivity contribution in [2.75, 3.05) is 58.9 Å². The summed E-state index contributed by atoms with van der Waals surface area (Å²) < 4.78 is 15.4. The molecule has 2 amide bonds. The highest BCUT2D eigenvalue weighted by Crippen LogP contribution is 2.32. The second-order valence-electron chi connectivity index (χ2n) is 6.03. The van der Waals surface area contributed by atoms with Crippen LogP contribution in [0.25, 0.3) is 0 Å². The van der Waals surface area contributed by atoms with Gasteiger partial charge in [0.05, 0.1) is 58.3 Å². The summed E-state index contributed by atoms with van der Waals surface area (Å²) in [5.74, 6) is 0.647. The zero-order valence-corrected chi connectivity index (χ0v) is 15.8. The highest BCUT2D eigenvalue weighted by molar-refractivity contribution is 5.93. The number of carbonyl (C=O) groups excluding carboxylic acids is 2. The molecule has 27 heavy (non-hydrogen) atoms. The molecule has 1 aliphatic rings. The Morgan fingerprint density at radius 2 is 1.85 bits per heavy atom. The molecule has 2 rings (SSSR count). The van der Waals surface area contributed by atoms with E-state index in [0.29, 0.717) is 55.5 Å². The molecule has 0 bridgehead atoms. The number of nitriles is 1. The molecule has 0 radical (unpaired) electrons. The van der Waals surface area contributed by atoms with Crippen molar-refractivity contribution in [1.82, 2.24) is 4.90 Å². The number of rotatable bonds is 6. The van der Waals surface area contributed by atoms with Gasteiger partial charge in [0.2, 0.25) is 0 Å². The summed E-state index contributed by atoms with van der Waals surface area (Å²) in [6.45, 7) is 4.76. The average molecular weight is 377 g/mol. The van der Waals surface area contributed by atoms with Crippen molar-refractivity contribution < 1.29 is 28.7 Å². The average Bonchev–Trinajstić information content (AvgIpc) is 2.68. The quantitative estimate of drug-likeness (QED) is 0.716. The van der Waals surface area contributed by atoms with Crippen LogP contribution in [0.15, 0.2) is 12.1 Å². The molecular formula is C18H25N4O5+. The Morgan fingerprint density at radius 3 is 2.41 bits per heavy atom. The summed E-state index contributed by atoms with van der Waals surface area (Å²) in [6.07, 6.45) is -0.315. The number of amides is 2. The topological polar surface area (TPSA) is 105 Å². The van der Waals surface area contributed by atoms with Crippen LogP contribution >= 0.6 is 0 Å². The normalized spacial score (nSPS) is 14.2. The van der Waals surface area contributed by atoms with Crippen LogP contribution in [0.4, 0.5) is 10.5 Å². The molecule has 1 aromatic carbocycles. The Kier molecular flexibility index (Phi) is 7.25. The summed E-state index contributed by atoms with van der Waals surface area (Å²) in [6, 6.07) is 5.15. The van der Waals surface area contributed by atoms with Gasteiger partial charge >= 0.3 is 6.09 Å². The molecule has 1 heterocycles. The first-order chi connectivity index (χ1) is 13.0. The molecule has 1 aromatic rings. The van der Waals surface area contributed by atoms with Gasteiger partial charge < -0.3 is 24.4 Å². The molecule has 1 fully saturated rings. The van der Waals surface area contributed by atoms with Gasteiger partial charge in [0.15, 0.2) is 18.0 Å². The van der Waals surface area contributed by atoms with E-state index >= 15 is 0 Å². The predicted molar refractivity (Wildman–Crippen MR) is 97.0 cm³/mol. The number of nitrogens with one attached hydrogen (secondary N) is 2. The van der Waals surface area contributed by atoms with Crippen LogP contribution < -0.4 is 19.7 Å². The lowest BCUT2D eigenvalue weighted by molar-refractivity contribution is -0.895. The molecule has 1 aliphatic heterocycles. The van der Waals surface area contributed by atoms with Crippen LogP contribution in [0.3, 0.4) is 0 Å². The minimum Gasteiger partial charge on any atom is -0.493 e. The number of methoxy groups -OCH3 is 2. The SMILES string of the molecule is CCOC(=O)N1CC[NH+](CC(=O)Nc2cc(OC)c(OC)cc2C#N)CC1. The van der Waals surface area contributed by atoms with E-state index in [0.717, 1.165) is 4.90 Å². The van der Waals surface area contributed by atoms with Gasteiger partial charge in [-0.3, -0.25) is 9.69 Å². The number of carbonyl (C=O) groups is 2. The minimum atomic E-state index is -0.315. The first kappa shape index (κ1) is 20.3. The highest BCUT2D eigenvalue weighted by atomic mass is 16.6. The Morgan fingerprint density at radius 1 is 1.22 bits per heavy atom. The van der Waals surface area contributed by atoms with Crippen LogP contribution in [0, 0.1) is 11.3 Å². The first-order valence-electron chi connectivity index (χ1n) is 8.73. The fraction of sp³-hybridized carbons (Fsp3) is 0.500.